The second kappa shape index (κ2) is 7.59. The van der Waals surface area contributed by atoms with E-state index in [-0.39, 0.29) is 36.8 Å². The van der Waals surface area contributed by atoms with Crippen LogP contribution < -0.4 is 10.5 Å². The molecule has 4 rings (SSSR count). The number of benzene rings is 2. The minimum atomic E-state index is -0.578. The molecule has 0 N–H and O–H groups in total. The molecule has 2 aromatic carbocycles. The van der Waals surface area contributed by atoms with Gasteiger partial charge < -0.3 is 9.15 Å². The van der Waals surface area contributed by atoms with Crippen molar-refractivity contribution in [3.8, 4) is 0 Å². The number of carbonyl (C=O) groups is 3. The van der Waals surface area contributed by atoms with Crippen LogP contribution in [-0.2, 0) is 20.9 Å². The summed E-state index contributed by atoms with van der Waals surface area (Å²) in [4.78, 5) is 49.1. The van der Waals surface area contributed by atoms with Crippen molar-refractivity contribution >= 4 is 34.4 Å². The largest absolute Gasteiger partial charge is 0.457 e. The van der Waals surface area contributed by atoms with Crippen LogP contribution in [0.5, 0.6) is 0 Å². The van der Waals surface area contributed by atoms with Crippen molar-refractivity contribution in [3.63, 3.8) is 0 Å². The lowest BCUT2D eigenvalue weighted by Gasteiger charge is -2.14. The van der Waals surface area contributed by atoms with E-state index in [9.17, 15) is 19.2 Å². The van der Waals surface area contributed by atoms with Crippen LogP contribution in [0.15, 0.2) is 51.7 Å². The van der Waals surface area contributed by atoms with Gasteiger partial charge in [0.1, 0.15) is 12.2 Å². The first kappa shape index (κ1) is 19.6. The van der Waals surface area contributed by atoms with Gasteiger partial charge in [-0.05, 0) is 49.2 Å². The highest BCUT2D eigenvalue weighted by atomic mass is 16.5. The van der Waals surface area contributed by atoms with Crippen LogP contribution in [-0.4, -0.2) is 17.8 Å². The molecule has 1 saturated heterocycles. The molecule has 1 aliphatic rings. The summed E-state index contributed by atoms with van der Waals surface area (Å²) < 4.78 is 10.7. The van der Waals surface area contributed by atoms with Crippen molar-refractivity contribution in [1.29, 1.82) is 0 Å². The molecule has 0 spiro atoms. The second-order valence-corrected chi connectivity index (χ2v) is 7.22. The van der Waals surface area contributed by atoms with E-state index in [1.807, 2.05) is 26.0 Å². The molecule has 0 aliphatic carbocycles. The van der Waals surface area contributed by atoms with Crippen LogP contribution in [0.2, 0.25) is 0 Å². The zero-order chi connectivity index (χ0) is 21.4. The van der Waals surface area contributed by atoms with Gasteiger partial charge in [0.05, 0.1) is 11.3 Å². The van der Waals surface area contributed by atoms with Gasteiger partial charge in [-0.25, -0.2) is 9.59 Å². The average molecular weight is 405 g/mol. The van der Waals surface area contributed by atoms with Crippen molar-refractivity contribution in [2.75, 3.05) is 4.90 Å². The minimum absolute atomic E-state index is 0.0890. The Bertz CT molecular complexity index is 1220. The topological polar surface area (TPSA) is 93.9 Å². The van der Waals surface area contributed by atoms with E-state index in [2.05, 4.69) is 0 Å². The van der Waals surface area contributed by atoms with Crippen LogP contribution in [0.3, 0.4) is 0 Å². The molecule has 2 amide bonds. The van der Waals surface area contributed by atoms with Crippen LogP contribution in [0.4, 0.5) is 5.69 Å². The highest BCUT2D eigenvalue weighted by Crippen LogP contribution is 2.25. The normalized spacial score (nSPS) is 13.9. The highest BCUT2D eigenvalue weighted by molar-refractivity contribution is 6.19. The Kier molecular flexibility index (Phi) is 4.95. The smallest absolute Gasteiger partial charge is 0.338 e. The number of esters is 1. The van der Waals surface area contributed by atoms with Gasteiger partial charge in [0.25, 0.3) is 0 Å². The van der Waals surface area contributed by atoms with E-state index in [4.69, 9.17) is 9.15 Å². The molecular weight excluding hydrogens is 386 g/mol. The number of imide groups is 1. The van der Waals surface area contributed by atoms with Crippen molar-refractivity contribution in [2.45, 2.75) is 33.3 Å². The first-order valence-corrected chi connectivity index (χ1v) is 9.51. The van der Waals surface area contributed by atoms with Gasteiger partial charge in [0.2, 0.25) is 11.8 Å². The van der Waals surface area contributed by atoms with Gasteiger partial charge in [-0.1, -0.05) is 12.1 Å². The number of amides is 2. The monoisotopic (exact) mass is 405 g/mol. The van der Waals surface area contributed by atoms with Crippen LogP contribution in [0.1, 0.15) is 39.9 Å². The Morgan fingerprint density at radius 2 is 1.67 bits per heavy atom. The molecule has 3 aromatic rings. The lowest BCUT2D eigenvalue weighted by molar-refractivity contribution is -0.121. The van der Waals surface area contributed by atoms with Gasteiger partial charge in [-0.15, -0.1) is 0 Å². The molecule has 7 heteroatoms. The zero-order valence-corrected chi connectivity index (χ0v) is 16.6. The summed E-state index contributed by atoms with van der Waals surface area (Å²) >= 11 is 0. The molecule has 1 aromatic heterocycles. The van der Waals surface area contributed by atoms with Crippen molar-refractivity contribution < 1.29 is 23.5 Å². The van der Waals surface area contributed by atoms with E-state index >= 15 is 0 Å². The summed E-state index contributed by atoms with van der Waals surface area (Å²) in [5, 5.41) is 0.715. The summed E-state index contributed by atoms with van der Waals surface area (Å²) in [5.74, 6) is -1.09. The summed E-state index contributed by atoms with van der Waals surface area (Å²) in [6, 6.07) is 11.2. The Hall–Kier alpha value is -3.74. The SMILES string of the molecule is Cc1ccc2c(COC(=O)c3ccc(N4C(=O)CCC4=O)cc3)cc(=O)oc2c1C. The van der Waals surface area contributed by atoms with E-state index < -0.39 is 11.6 Å². The Balaban J connectivity index is 1.53. The number of ether oxygens (including phenoxy) is 1. The number of hydrogen-bond acceptors (Lipinski definition) is 6. The Morgan fingerprint density at radius 1 is 1.00 bits per heavy atom. The molecule has 152 valence electrons. The predicted molar refractivity (Wildman–Crippen MR) is 109 cm³/mol. The molecule has 1 fully saturated rings. The third-order valence-corrected chi connectivity index (χ3v) is 5.29. The van der Waals surface area contributed by atoms with Crippen molar-refractivity contribution in [3.05, 3.63) is 75.1 Å². The first-order chi connectivity index (χ1) is 14.3. The fraction of sp³-hybridized carbons (Fsp3) is 0.217. The van der Waals surface area contributed by atoms with Gasteiger partial charge in [-0.3, -0.25) is 14.5 Å². The molecule has 7 nitrogen and oxygen atoms in total. The van der Waals surface area contributed by atoms with Crippen molar-refractivity contribution in [1.82, 2.24) is 0 Å². The maximum Gasteiger partial charge on any atom is 0.338 e. The fourth-order valence-electron chi connectivity index (χ4n) is 3.48. The molecule has 0 atom stereocenters. The zero-order valence-electron chi connectivity index (χ0n) is 16.6. The summed E-state index contributed by atoms with van der Waals surface area (Å²) in [6.07, 6.45) is 0.390. The molecular formula is C23H19NO6. The lowest BCUT2D eigenvalue weighted by atomic mass is 10.0. The number of fused-ring (bicyclic) bond motifs is 1. The Morgan fingerprint density at radius 3 is 2.33 bits per heavy atom. The molecule has 0 radical (unpaired) electrons. The number of hydrogen-bond donors (Lipinski definition) is 0. The van der Waals surface area contributed by atoms with E-state index in [0.29, 0.717) is 22.2 Å². The van der Waals surface area contributed by atoms with E-state index in [1.165, 1.54) is 30.3 Å². The van der Waals surface area contributed by atoms with E-state index in [0.717, 1.165) is 16.0 Å². The fourth-order valence-corrected chi connectivity index (χ4v) is 3.48. The molecule has 0 saturated carbocycles. The van der Waals surface area contributed by atoms with E-state index in [1.54, 1.807) is 0 Å². The molecule has 0 bridgehead atoms. The first-order valence-electron chi connectivity index (χ1n) is 9.51. The van der Waals surface area contributed by atoms with Gasteiger partial charge in [0, 0.05) is 29.9 Å². The number of nitrogens with zero attached hydrogens (tertiary/aromatic N) is 1. The maximum absolute atomic E-state index is 12.5. The predicted octanol–water partition coefficient (Wildman–Crippen LogP) is 3.42. The summed E-state index contributed by atoms with van der Waals surface area (Å²) in [6.45, 7) is 3.70. The second-order valence-electron chi connectivity index (χ2n) is 7.22. The standard InChI is InChI=1S/C23H19NO6/c1-13-3-8-18-16(11-21(27)30-22(18)14(13)2)12-29-23(28)15-4-6-17(7-5-15)24-19(25)9-10-20(24)26/h3-8,11H,9-10,12H2,1-2H3. The quantitative estimate of drug-likeness (QED) is 0.375. The minimum Gasteiger partial charge on any atom is -0.457 e. The maximum atomic E-state index is 12.5. The molecule has 0 unspecified atom stereocenters. The number of carbonyl (C=O) groups excluding carboxylic acids is 3. The third-order valence-electron chi connectivity index (χ3n) is 5.29. The van der Waals surface area contributed by atoms with Gasteiger partial charge >= 0.3 is 11.6 Å². The van der Waals surface area contributed by atoms with Gasteiger partial charge in [0.15, 0.2) is 0 Å². The molecule has 2 heterocycles. The summed E-state index contributed by atoms with van der Waals surface area (Å²) in [5.41, 5.74) is 3.09. The molecule has 30 heavy (non-hydrogen) atoms. The van der Waals surface area contributed by atoms with Crippen molar-refractivity contribution in [2.24, 2.45) is 0 Å². The number of aryl methyl sites for hydroxylation is 2. The average Bonchev–Trinajstić information content (AvgIpc) is 3.07. The van der Waals surface area contributed by atoms with Crippen LogP contribution in [0.25, 0.3) is 11.0 Å². The van der Waals surface area contributed by atoms with Crippen LogP contribution >= 0.6 is 0 Å². The lowest BCUT2D eigenvalue weighted by Crippen LogP contribution is -2.28. The third kappa shape index (κ3) is 3.50. The molecule has 1 aliphatic heterocycles. The Labute approximate surface area is 171 Å². The van der Waals surface area contributed by atoms with Gasteiger partial charge in [-0.2, -0.15) is 0 Å². The highest BCUT2D eigenvalue weighted by Gasteiger charge is 2.30. The van der Waals surface area contributed by atoms with Crippen LogP contribution in [0, 0.1) is 13.8 Å². The number of anilines is 1. The summed E-state index contributed by atoms with van der Waals surface area (Å²) in [7, 11) is 0. The number of rotatable bonds is 4.